The third-order valence-electron chi connectivity index (χ3n) is 1.91. The first-order valence-electron chi connectivity index (χ1n) is 4.95. The lowest BCUT2D eigenvalue weighted by atomic mass is 10.1. The first kappa shape index (κ1) is 13.7. The fraction of sp³-hybridized carbons (Fsp3) is 0.273. The van der Waals surface area contributed by atoms with E-state index in [1.54, 1.807) is 31.2 Å². The topological polar surface area (TPSA) is 75.6 Å². The fourth-order valence-electron chi connectivity index (χ4n) is 1.12. The van der Waals surface area contributed by atoms with Gasteiger partial charge in [0.15, 0.2) is 6.23 Å². The van der Waals surface area contributed by atoms with E-state index in [0.29, 0.717) is 5.56 Å². The smallest absolute Gasteiger partial charge is 0.409 e. The molecular weight excluding hydrogens is 290 g/mol. The number of aliphatic hydroxyl groups excluding tert-OH is 1. The Kier molecular flexibility index (Phi) is 5.11. The predicted octanol–water partition coefficient (Wildman–Crippen LogP) is 1.70. The summed E-state index contributed by atoms with van der Waals surface area (Å²) in [5, 5.41) is 11.5. The SMILES string of the molecule is CCOC(=O)N[C@@H](O)C(=O)c1ccc(Br)cc1. The van der Waals surface area contributed by atoms with Crippen molar-refractivity contribution in [1.29, 1.82) is 0 Å². The lowest BCUT2D eigenvalue weighted by Gasteiger charge is -2.11. The maximum absolute atomic E-state index is 11.7. The van der Waals surface area contributed by atoms with Crippen LogP contribution in [0, 0.1) is 0 Å². The molecule has 0 saturated carbocycles. The van der Waals surface area contributed by atoms with Crippen LogP contribution in [0.5, 0.6) is 0 Å². The summed E-state index contributed by atoms with van der Waals surface area (Å²) in [6, 6.07) is 6.43. The average molecular weight is 302 g/mol. The highest BCUT2D eigenvalue weighted by molar-refractivity contribution is 9.10. The van der Waals surface area contributed by atoms with E-state index in [9.17, 15) is 14.7 Å². The van der Waals surface area contributed by atoms with E-state index in [0.717, 1.165) is 4.47 Å². The van der Waals surface area contributed by atoms with Gasteiger partial charge in [-0.3, -0.25) is 10.1 Å². The molecule has 1 aromatic rings. The van der Waals surface area contributed by atoms with Gasteiger partial charge < -0.3 is 9.84 Å². The molecule has 1 atom stereocenters. The second-order valence-electron chi connectivity index (χ2n) is 3.14. The lowest BCUT2D eigenvalue weighted by molar-refractivity contribution is 0.0635. The maximum Gasteiger partial charge on any atom is 0.409 e. The molecule has 0 unspecified atom stereocenters. The summed E-state index contributed by atoms with van der Waals surface area (Å²) >= 11 is 3.23. The molecule has 0 aliphatic carbocycles. The molecule has 92 valence electrons. The summed E-state index contributed by atoms with van der Waals surface area (Å²) in [6.07, 6.45) is -2.43. The molecule has 0 heterocycles. The van der Waals surface area contributed by atoms with E-state index < -0.39 is 18.1 Å². The summed E-state index contributed by atoms with van der Waals surface area (Å²) in [5.74, 6) is -0.592. The van der Waals surface area contributed by atoms with Gasteiger partial charge in [-0.15, -0.1) is 0 Å². The number of carbonyl (C=O) groups excluding carboxylic acids is 2. The third-order valence-corrected chi connectivity index (χ3v) is 2.44. The second-order valence-corrected chi connectivity index (χ2v) is 4.05. The molecule has 1 aromatic carbocycles. The number of rotatable bonds is 4. The highest BCUT2D eigenvalue weighted by Crippen LogP contribution is 2.11. The monoisotopic (exact) mass is 301 g/mol. The van der Waals surface area contributed by atoms with Crippen LogP contribution in [0.25, 0.3) is 0 Å². The molecule has 5 nitrogen and oxygen atoms in total. The van der Waals surface area contributed by atoms with Gasteiger partial charge in [-0.1, -0.05) is 28.1 Å². The Morgan fingerprint density at radius 1 is 1.41 bits per heavy atom. The highest BCUT2D eigenvalue weighted by Gasteiger charge is 2.19. The van der Waals surface area contributed by atoms with E-state index >= 15 is 0 Å². The average Bonchev–Trinajstić information content (AvgIpc) is 2.29. The van der Waals surface area contributed by atoms with Gasteiger partial charge in [0, 0.05) is 10.0 Å². The van der Waals surface area contributed by atoms with Crippen molar-refractivity contribution in [2.45, 2.75) is 13.2 Å². The molecule has 0 fully saturated rings. The molecule has 0 aliphatic heterocycles. The molecule has 0 aliphatic rings. The second kappa shape index (κ2) is 6.36. The zero-order valence-electron chi connectivity index (χ0n) is 9.14. The van der Waals surface area contributed by atoms with Crippen molar-refractivity contribution < 1.29 is 19.4 Å². The number of ketones is 1. The number of hydrogen-bond donors (Lipinski definition) is 2. The Morgan fingerprint density at radius 2 is 2.00 bits per heavy atom. The molecule has 17 heavy (non-hydrogen) atoms. The molecule has 1 amide bonds. The normalized spacial score (nSPS) is 11.7. The molecule has 1 rings (SSSR count). The van der Waals surface area contributed by atoms with Gasteiger partial charge in [-0.05, 0) is 19.1 Å². The summed E-state index contributed by atoms with van der Waals surface area (Å²) < 4.78 is 5.37. The van der Waals surface area contributed by atoms with Gasteiger partial charge in [0.2, 0.25) is 5.78 Å². The quantitative estimate of drug-likeness (QED) is 0.655. The number of halogens is 1. The van der Waals surface area contributed by atoms with E-state index in [2.05, 4.69) is 20.7 Å². The number of benzene rings is 1. The lowest BCUT2D eigenvalue weighted by Crippen LogP contribution is -2.40. The number of Topliss-reactive ketones (excluding diaryl/α,β-unsaturated/α-hetero) is 1. The first-order chi connectivity index (χ1) is 8.04. The molecule has 0 radical (unpaired) electrons. The summed E-state index contributed by atoms with van der Waals surface area (Å²) in [4.78, 5) is 22.7. The molecule has 0 aromatic heterocycles. The number of ether oxygens (including phenoxy) is 1. The zero-order chi connectivity index (χ0) is 12.8. The number of nitrogens with one attached hydrogen (secondary N) is 1. The zero-order valence-corrected chi connectivity index (χ0v) is 10.7. The van der Waals surface area contributed by atoms with Crippen molar-refractivity contribution in [2.24, 2.45) is 0 Å². The Morgan fingerprint density at radius 3 is 2.53 bits per heavy atom. The highest BCUT2D eigenvalue weighted by atomic mass is 79.9. The minimum atomic E-state index is -1.60. The Hall–Kier alpha value is -1.40. The first-order valence-corrected chi connectivity index (χ1v) is 5.75. The molecule has 2 N–H and O–H groups in total. The summed E-state index contributed by atoms with van der Waals surface area (Å²) in [5.41, 5.74) is 0.303. The van der Waals surface area contributed by atoms with E-state index in [4.69, 9.17) is 0 Å². The summed E-state index contributed by atoms with van der Waals surface area (Å²) in [6.45, 7) is 1.80. The molecule has 0 spiro atoms. The van der Waals surface area contributed by atoms with Crippen LogP contribution in [0.4, 0.5) is 4.79 Å². The standard InChI is InChI=1S/C11H12BrNO4/c1-2-17-11(16)13-10(15)9(14)7-3-5-8(12)6-4-7/h3-6,10,15H,2H2,1H3,(H,13,16)/t10-/m0/s1. The van der Waals surface area contributed by atoms with Gasteiger partial charge in [-0.2, -0.15) is 0 Å². The van der Waals surface area contributed by atoms with Gasteiger partial charge in [0.05, 0.1) is 6.61 Å². The Bertz CT molecular complexity index is 404. The minimum Gasteiger partial charge on any atom is -0.450 e. The van der Waals surface area contributed by atoms with Crippen molar-refractivity contribution in [3.8, 4) is 0 Å². The Labute approximate surface area is 107 Å². The molecular formula is C11H12BrNO4. The van der Waals surface area contributed by atoms with Gasteiger partial charge in [0.1, 0.15) is 0 Å². The largest absolute Gasteiger partial charge is 0.450 e. The van der Waals surface area contributed by atoms with Gasteiger partial charge >= 0.3 is 6.09 Å². The van der Waals surface area contributed by atoms with E-state index in [-0.39, 0.29) is 6.61 Å². The predicted molar refractivity (Wildman–Crippen MR) is 64.6 cm³/mol. The molecule has 0 bridgehead atoms. The van der Waals surface area contributed by atoms with Crippen LogP contribution in [-0.4, -0.2) is 29.8 Å². The fourth-order valence-corrected chi connectivity index (χ4v) is 1.39. The van der Waals surface area contributed by atoms with E-state index in [1.165, 1.54) is 0 Å². The van der Waals surface area contributed by atoms with Crippen molar-refractivity contribution in [2.75, 3.05) is 6.61 Å². The van der Waals surface area contributed by atoms with Crippen LogP contribution in [0.15, 0.2) is 28.7 Å². The Balaban J connectivity index is 2.63. The van der Waals surface area contributed by atoms with Crippen molar-refractivity contribution in [3.05, 3.63) is 34.3 Å². The maximum atomic E-state index is 11.7. The third kappa shape index (κ3) is 4.16. The van der Waals surface area contributed by atoms with Crippen LogP contribution in [0.2, 0.25) is 0 Å². The number of carbonyl (C=O) groups is 2. The molecule has 6 heteroatoms. The van der Waals surface area contributed by atoms with Crippen LogP contribution < -0.4 is 5.32 Å². The van der Waals surface area contributed by atoms with Gasteiger partial charge in [-0.25, -0.2) is 4.79 Å². The minimum absolute atomic E-state index is 0.172. The molecule has 0 saturated heterocycles. The van der Waals surface area contributed by atoms with Crippen molar-refractivity contribution in [1.82, 2.24) is 5.32 Å². The van der Waals surface area contributed by atoms with Crippen molar-refractivity contribution >= 4 is 27.8 Å². The van der Waals surface area contributed by atoms with Crippen molar-refractivity contribution in [3.63, 3.8) is 0 Å². The van der Waals surface area contributed by atoms with Gasteiger partial charge in [0.25, 0.3) is 0 Å². The number of alkyl carbamates (subject to hydrolysis) is 1. The van der Waals surface area contributed by atoms with Crippen LogP contribution in [0.1, 0.15) is 17.3 Å². The number of hydrogen-bond acceptors (Lipinski definition) is 4. The van der Waals surface area contributed by atoms with Crippen LogP contribution in [-0.2, 0) is 4.74 Å². The summed E-state index contributed by atoms with van der Waals surface area (Å²) in [7, 11) is 0. The number of amides is 1. The van der Waals surface area contributed by atoms with E-state index in [1.807, 2.05) is 5.32 Å². The number of aliphatic hydroxyl groups is 1. The van der Waals surface area contributed by atoms with Crippen LogP contribution >= 0.6 is 15.9 Å². The van der Waals surface area contributed by atoms with Crippen LogP contribution in [0.3, 0.4) is 0 Å².